The molecule has 0 saturated carbocycles. The molecule has 2 rings (SSSR count). The molecule has 0 fully saturated rings. The predicted octanol–water partition coefficient (Wildman–Crippen LogP) is 9.38. The highest BCUT2D eigenvalue weighted by atomic mass is 14.9. The monoisotopic (exact) mass is 550 g/mol. The van der Waals surface area contributed by atoms with Gasteiger partial charge in [0.15, 0.2) is 0 Å². The molecular weight excluding hydrogens is 488 g/mol. The van der Waals surface area contributed by atoms with Gasteiger partial charge in [-0.25, -0.2) is 0 Å². The average Bonchev–Trinajstić information content (AvgIpc) is 3.03. The summed E-state index contributed by atoms with van der Waals surface area (Å²) in [6.07, 6.45) is 17.9. The lowest BCUT2D eigenvalue weighted by molar-refractivity contribution is 0.245. The zero-order chi connectivity index (χ0) is 29.9. The molecule has 2 aromatic heterocycles. The SMILES string of the molecule is CCC(CC)(CCC(CC)(CC)c1ccnc(-c2cc(C(CC)(CC)CCC(CC)(CC)NC)ccn2)c1)NC. The number of rotatable bonds is 19. The molecule has 0 radical (unpaired) electrons. The van der Waals surface area contributed by atoms with Crippen molar-refractivity contribution in [3.63, 3.8) is 0 Å². The Morgan fingerprint density at radius 2 is 0.825 bits per heavy atom. The highest BCUT2D eigenvalue weighted by molar-refractivity contribution is 5.57. The predicted molar refractivity (Wildman–Crippen MR) is 175 cm³/mol. The summed E-state index contributed by atoms with van der Waals surface area (Å²) in [5.74, 6) is 0. The highest BCUT2D eigenvalue weighted by Crippen LogP contribution is 2.42. The third-order valence-corrected chi connectivity index (χ3v) is 11.6. The molecule has 0 aliphatic heterocycles. The summed E-state index contributed by atoms with van der Waals surface area (Å²) in [5.41, 5.74) is 5.55. The van der Waals surface area contributed by atoms with Crippen molar-refractivity contribution in [1.29, 1.82) is 0 Å². The van der Waals surface area contributed by atoms with Crippen LogP contribution in [0.5, 0.6) is 0 Å². The van der Waals surface area contributed by atoms with E-state index in [-0.39, 0.29) is 21.9 Å². The van der Waals surface area contributed by atoms with Gasteiger partial charge in [0.1, 0.15) is 0 Å². The van der Waals surface area contributed by atoms with Gasteiger partial charge in [0.05, 0.1) is 11.4 Å². The second kappa shape index (κ2) is 15.4. The smallest absolute Gasteiger partial charge is 0.0889 e. The van der Waals surface area contributed by atoms with Gasteiger partial charge < -0.3 is 10.6 Å². The van der Waals surface area contributed by atoms with Gasteiger partial charge in [-0.3, -0.25) is 9.97 Å². The van der Waals surface area contributed by atoms with Gasteiger partial charge in [-0.1, -0.05) is 55.4 Å². The minimum absolute atomic E-state index is 0.148. The van der Waals surface area contributed by atoms with E-state index in [1.54, 1.807) is 0 Å². The van der Waals surface area contributed by atoms with Crippen LogP contribution in [0.4, 0.5) is 0 Å². The first-order valence-electron chi connectivity index (χ1n) is 16.5. The van der Waals surface area contributed by atoms with Gasteiger partial charge in [0, 0.05) is 23.5 Å². The van der Waals surface area contributed by atoms with E-state index in [0.29, 0.717) is 0 Å². The van der Waals surface area contributed by atoms with E-state index in [2.05, 4.69) is 104 Å². The fraction of sp³-hybridized carbons (Fsp3) is 0.722. The summed E-state index contributed by atoms with van der Waals surface area (Å²) in [6.45, 7) is 18.7. The number of pyridine rings is 2. The van der Waals surface area contributed by atoms with Crippen molar-refractivity contribution in [2.75, 3.05) is 14.1 Å². The van der Waals surface area contributed by atoms with E-state index >= 15 is 0 Å². The maximum Gasteiger partial charge on any atom is 0.0889 e. The molecule has 0 unspecified atom stereocenters. The van der Waals surface area contributed by atoms with Crippen LogP contribution in [0.3, 0.4) is 0 Å². The first kappa shape index (κ1) is 34.4. The molecule has 0 spiro atoms. The standard InChI is InChI=1S/C36H62N4/c1-11-33(12-2,21-23-35(15-5,16-6)37-9)29-19-25-39-31(27-29)32-28-30(20-26-40-32)34(13-3,14-4)22-24-36(17-7,18-8)38-10/h19-20,25-28,37-38H,11-18,21-24H2,1-10H3. The molecule has 0 amide bonds. The lowest BCUT2D eigenvalue weighted by Gasteiger charge is -2.39. The molecule has 226 valence electrons. The van der Waals surface area contributed by atoms with Crippen LogP contribution in [-0.4, -0.2) is 35.1 Å². The molecule has 2 N–H and O–H groups in total. The van der Waals surface area contributed by atoms with Crippen LogP contribution in [0.15, 0.2) is 36.7 Å². The minimum Gasteiger partial charge on any atom is -0.314 e. The molecular formula is C36H62N4. The number of hydrogen-bond acceptors (Lipinski definition) is 4. The molecule has 40 heavy (non-hydrogen) atoms. The molecule has 0 atom stereocenters. The average molecular weight is 551 g/mol. The number of nitrogens with zero attached hydrogens (tertiary/aromatic N) is 2. The Balaban J connectivity index is 2.46. The van der Waals surface area contributed by atoms with Crippen LogP contribution in [0.1, 0.15) is 144 Å². The number of hydrogen-bond donors (Lipinski definition) is 2. The van der Waals surface area contributed by atoms with Gasteiger partial charge in [0.2, 0.25) is 0 Å². The zero-order valence-electron chi connectivity index (χ0n) is 27.8. The molecule has 2 aromatic rings. The Labute approximate surface area is 248 Å². The molecule has 0 saturated heterocycles. The first-order chi connectivity index (χ1) is 19.2. The Hall–Kier alpha value is -1.78. The van der Waals surface area contributed by atoms with E-state index in [9.17, 15) is 0 Å². The van der Waals surface area contributed by atoms with E-state index in [0.717, 1.165) is 62.8 Å². The second-order valence-corrected chi connectivity index (χ2v) is 12.3. The Bertz CT molecular complexity index is 899. The molecule has 4 heteroatoms. The van der Waals surface area contributed by atoms with Crippen molar-refractivity contribution in [3.8, 4) is 11.4 Å². The number of aromatic nitrogens is 2. The van der Waals surface area contributed by atoms with Gasteiger partial charge in [0.25, 0.3) is 0 Å². The summed E-state index contributed by atoms with van der Waals surface area (Å²) in [7, 11) is 4.26. The second-order valence-electron chi connectivity index (χ2n) is 12.3. The maximum absolute atomic E-state index is 4.86. The number of nitrogens with one attached hydrogen (secondary N) is 2. The summed E-state index contributed by atoms with van der Waals surface area (Å²) >= 11 is 0. The van der Waals surface area contributed by atoms with Crippen molar-refractivity contribution in [2.24, 2.45) is 0 Å². The van der Waals surface area contributed by atoms with E-state index in [1.165, 1.54) is 36.8 Å². The molecule has 0 bridgehead atoms. The van der Waals surface area contributed by atoms with Crippen molar-refractivity contribution < 1.29 is 0 Å². The van der Waals surface area contributed by atoms with Crippen molar-refractivity contribution >= 4 is 0 Å². The first-order valence-corrected chi connectivity index (χ1v) is 16.5. The quantitative estimate of drug-likeness (QED) is 0.183. The van der Waals surface area contributed by atoms with Crippen LogP contribution < -0.4 is 10.6 Å². The van der Waals surface area contributed by atoms with E-state index in [4.69, 9.17) is 9.97 Å². The Morgan fingerprint density at radius 1 is 0.500 bits per heavy atom. The van der Waals surface area contributed by atoms with Crippen molar-refractivity contribution in [3.05, 3.63) is 47.8 Å². The summed E-state index contributed by atoms with van der Waals surface area (Å²) in [6, 6.07) is 9.21. The van der Waals surface area contributed by atoms with Crippen molar-refractivity contribution in [1.82, 2.24) is 20.6 Å². The van der Waals surface area contributed by atoms with Crippen molar-refractivity contribution in [2.45, 2.75) is 154 Å². The van der Waals surface area contributed by atoms with Crippen LogP contribution in [-0.2, 0) is 10.8 Å². The van der Waals surface area contributed by atoms with Gasteiger partial charge in [-0.15, -0.1) is 0 Å². The van der Waals surface area contributed by atoms with Crippen LogP contribution in [0.25, 0.3) is 11.4 Å². The lowest BCUT2D eigenvalue weighted by Crippen LogP contribution is -2.43. The third kappa shape index (κ3) is 7.34. The van der Waals surface area contributed by atoms with Crippen LogP contribution in [0.2, 0.25) is 0 Å². The topological polar surface area (TPSA) is 49.8 Å². The Kier molecular flexibility index (Phi) is 13.3. The summed E-state index contributed by atoms with van der Waals surface area (Å²) in [4.78, 5) is 9.73. The lowest BCUT2D eigenvalue weighted by atomic mass is 9.69. The molecule has 0 aromatic carbocycles. The zero-order valence-corrected chi connectivity index (χ0v) is 27.8. The maximum atomic E-state index is 4.86. The van der Waals surface area contributed by atoms with Crippen LogP contribution >= 0.6 is 0 Å². The molecule has 4 nitrogen and oxygen atoms in total. The van der Waals surface area contributed by atoms with E-state index in [1.807, 2.05) is 12.4 Å². The molecule has 0 aliphatic rings. The summed E-state index contributed by atoms with van der Waals surface area (Å²) in [5, 5.41) is 7.32. The highest BCUT2D eigenvalue weighted by Gasteiger charge is 2.35. The largest absolute Gasteiger partial charge is 0.314 e. The third-order valence-electron chi connectivity index (χ3n) is 11.6. The molecule has 2 heterocycles. The summed E-state index contributed by atoms with van der Waals surface area (Å²) < 4.78 is 0. The molecule has 0 aliphatic carbocycles. The van der Waals surface area contributed by atoms with Gasteiger partial charge in [-0.2, -0.15) is 0 Å². The van der Waals surface area contributed by atoms with Gasteiger partial charge in [-0.05, 0) is 137 Å². The van der Waals surface area contributed by atoms with Crippen LogP contribution in [0, 0.1) is 0 Å². The fourth-order valence-electron chi connectivity index (χ4n) is 7.23. The minimum atomic E-state index is 0.148. The van der Waals surface area contributed by atoms with Gasteiger partial charge >= 0.3 is 0 Å². The van der Waals surface area contributed by atoms with E-state index < -0.39 is 0 Å². The Morgan fingerprint density at radius 3 is 1.07 bits per heavy atom. The fourth-order valence-corrected chi connectivity index (χ4v) is 7.23. The normalized spacial score (nSPS) is 13.2.